The van der Waals surface area contributed by atoms with Crippen molar-refractivity contribution >= 4 is 5.91 Å². The van der Waals surface area contributed by atoms with Crippen molar-refractivity contribution in [2.24, 2.45) is 0 Å². The molecular weight excluding hydrogens is 194 g/mol. The highest BCUT2D eigenvalue weighted by Crippen LogP contribution is 2.23. The molecule has 0 spiro atoms. The van der Waals surface area contributed by atoms with E-state index in [-0.39, 0.29) is 13.2 Å². The molecule has 1 amide bonds. The summed E-state index contributed by atoms with van der Waals surface area (Å²) >= 11 is 0. The summed E-state index contributed by atoms with van der Waals surface area (Å²) in [6.07, 6.45) is -3.98. The van der Waals surface area contributed by atoms with Crippen molar-refractivity contribution in [3.63, 3.8) is 0 Å². The van der Waals surface area contributed by atoms with E-state index in [0.29, 0.717) is 0 Å². The minimum absolute atomic E-state index is 0.0884. The Balaban J connectivity index is 2.45. The van der Waals surface area contributed by atoms with Gasteiger partial charge in [0.15, 0.2) is 0 Å². The monoisotopic (exact) mass is 201 g/mol. The molecule has 1 saturated heterocycles. The maximum atomic E-state index is 12.3. The second-order valence-electron chi connectivity index (χ2n) is 2.63. The van der Waals surface area contributed by atoms with E-state index in [1.54, 1.807) is 5.32 Å². The van der Waals surface area contributed by atoms with Crippen molar-refractivity contribution in [3.05, 3.63) is 0 Å². The number of ether oxygens (including phenoxy) is 1. The summed E-state index contributed by atoms with van der Waals surface area (Å²) in [5, 5.41) is 1.74. The molecule has 0 bridgehead atoms. The van der Waals surface area contributed by atoms with E-state index in [4.69, 9.17) is 0 Å². The van der Waals surface area contributed by atoms with Gasteiger partial charge in [0, 0.05) is 0 Å². The third kappa shape index (κ3) is 2.09. The topological polar surface area (TPSA) is 38.3 Å². The normalized spacial score (nSPS) is 18.5. The van der Waals surface area contributed by atoms with E-state index < -0.39 is 24.3 Å². The van der Waals surface area contributed by atoms with Crippen LogP contribution in [0.25, 0.3) is 0 Å². The number of carbonyl (C=O) groups is 1. The second-order valence-corrected chi connectivity index (χ2v) is 2.63. The minimum atomic E-state index is -4.62. The van der Waals surface area contributed by atoms with Crippen molar-refractivity contribution in [3.8, 4) is 0 Å². The summed E-state index contributed by atoms with van der Waals surface area (Å²) in [5.41, 5.74) is 0. The number of alkyl halides is 4. The van der Waals surface area contributed by atoms with Gasteiger partial charge >= 0.3 is 12.3 Å². The number of amides is 1. The van der Waals surface area contributed by atoms with Gasteiger partial charge < -0.3 is 10.1 Å². The minimum Gasteiger partial charge on any atom is -0.377 e. The lowest BCUT2D eigenvalue weighted by molar-refractivity contribution is -0.172. The molecule has 76 valence electrons. The van der Waals surface area contributed by atoms with Gasteiger partial charge in [0.1, 0.15) is 0 Å². The predicted molar refractivity (Wildman–Crippen MR) is 33.7 cm³/mol. The van der Waals surface area contributed by atoms with Crippen LogP contribution in [0.2, 0.25) is 0 Å². The Morgan fingerprint density at radius 3 is 2.31 bits per heavy atom. The van der Waals surface area contributed by atoms with Crippen LogP contribution in [0.4, 0.5) is 17.6 Å². The largest absolute Gasteiger partial charge is 0.383 e. The second kappa shape index (κ2) is 3.49. The van der Waals surface area contributed by atoms with Crippen LogP contribution in [0.1, 0.15) is 0 Å². The van der Waals surface area contributed by atoms with E-state index >= 15 is 0 Å². The number of halogens is 4. The number of hydrogen-bond donors (Lipinski definition) is 1. The SMILES string of the molecule is O=C(NC1COC1)C(F)(F)C(F)F. The van der Waals surface area contributed by atoms with Crippen LogP contribution in [-0.4, -0.2) is 37.5 Å². The zero-order valence-corrected chi connectivity index (χ0v) is 6.40. The maximum Gasteiger partial charge on any atom is 0.383 e. The van der Waals surface area contributed by atoms with Gasteiger partial charge in [-0.2, -0.15) is 8.78 Å². The summed E-state index contributed by atoms with van der Waals surface area (Å²) in [7, 11) is 0. The fourth-order valence-corrected chi connectivity index (χ4v) is 0.700. The lowest BCUT2D eigenvalue weighted by Crippen LogP contribution is -2.55. The van der Waals surface area contributed by atoms with Crippen LogP contribution in [0.15, 0.2) is 0 Å². The van der Waals surface area contributed by atoms with Crippen LogP contribution in [0, 0.1) is 0 Å². The van der Waals surface area contributed by atoms with E-state index in [1.165, 1.54) is 0 Å². The maximum absolute atomic E-state index is 12.3. The fraction of sp³-hybridized carbons (Fsp3) is 0.833. The predicted octanol–water partition coefficient (Wildman–Crippen LogP) is 0.402. The first kappa shape index (κ1) is 10.2. The first-order chi connectivity index (χ1) is 5.94. The van der Waals surface area contributed by atoms with Crippen LogP contribution in [0.5, 0.6) is 0 Å². The first-order valence-corrected chi connectivity index (χ1v) is 3.49. The average Bonchev–Trinajstić information content (AvgIpc) is 1.95. The van der Waals surface area contributed by atoms with Gasteiger partial charge in [-0.25, -0.2) is 8.78 Å². The summed E-state index contributed by atoms with van der Waals surface area (Å²) in [4.78, 5) is 10.5. The number of nitrogens with one attached hydrogen (secondary N) is 1. The Labute approximate surface area is 71.0 Å². The molecule has 0 aromatic rings. The Bertz CT molecular complexity index is 205. The van der Waals surface area contributed by atoms with Crippen LogP contribution < -0.4 is 5.32 Å². The Morgan fingerprint density at radius 2 is 2.00 bits per heavy atom. The molecule has 0 aliphatic carbocycles. The molecule has 3 nitrogen and oxygen atoms in total. The molecule has 1 rings (SSSR count). The highest BCUT2D eigenvalue weighted by Gasteiger charge is 2.49. The summed E-state index contributed by atoms with van der Waals surface area (Å²) in [6, 6.07) is -0.572. The highest BCUT2D eigenvalue weighted by atomic mass is 19.3. The summed E-state index contributed by atoms with van der Waals surface area (Å²) < 4.78 is 52.3. The van der Waals surface area contributed by atoms with Crippen molar-refractivity contribution < 1.29 is 27.1 Å². The van der Waals surface area contributed by atoms with Gasteiger partial charge in [0.2, 0.25) is 0 Å². The molecule has 13 heavy (non-hydrogen) atoms. The third-order valence-electron chi connectivity index (χ3n) is 1.55. The molecule has 1 N–H and O–H groups in total. The van der Waals surface area contributed by atoms with Gasteiger partial charge in [-0.05, 0) is 0 Å². The molecule has 0 radical (unpaired) electrons. The molecule has 1 heterocycles. The number of carbonyl (C=O) groups excluding carboxylic acids is 1. The number of rotatable bonds is 3. The van der Waals surface area contributed by atoms with Crippen molar-refractivity contribution in [2.45, 2.75) is 18.4 Å². The molecule has 1 aliphatic rings. The first-order valence-electron chi connectivity index (χ1n) is 3.49. The summed E-state index contributed by atoms with van der Waals surface area (Å²) in [6.45, 7) is 0.177. The molecular formula is C6H7F4NO2. The molecule has 0 aromatic carbocycles. The van der Waals surface area contributed by atoms with Crippen molar-refractivity contribution in [1.82, 2.24) is 5.32 Å². The number of hydrogen-bond acceptors (Lipinski definition) is 2. The van der Waals surface area contributed by atoms with Gasteiger partial charge in [0.25, 0.3) is 5.91 Å². The smallest absolute Gasteiger partial charge is 0.377 e. The van der Waals surface area contributed by atoms with Gasteiger partial charge in [-0.1, -0.05) is 0 Å². The fourth-order valence-electron chi connectivity index (χ4n) is 0.700. The molecule has 0 aromatic heterocycles. The lowest BCUT2D eigenvalue weighted by atomic mass is 10.2. The molecule has 0 unspecified atom stereocenters. The molecule has 1 fully saturated rings. The van der Waals surface area contributed by atoms with Gasteiger partial charge in [0.05, 0.1) is 19.3 Å². The van der Waals surface area contributed by atoms with Crippen LogP contribution in [-0.2, 0) is 9.53 Å². The van der Waals surface area contributed by atoms with Crippen molar-refractivity contribution in [2.75, 3.05) is 13.2 Å². The third-order valence-corrected chi connectivity index (χ3v) is 1.55. The van der Waals surface area contributed by atoms with Gasteiger partial charge in [-0.3, -0.25) is 4.79 Å². The van der Waals surface area contributed by atoms with E-state index in [2.05, 4.69) is 4.74 Å². The molecule has 0 atom stereocenters. The Hall–Kier alpha value is -0.850. The Morgan fingerprint density at radius 1 is 1.46 bits per heavy atom. The molecule has 1 aliphatic heterocycles. The average molecular weight is 201 g/mol. The van der Waals surface area contributed by atoms with Crippen LogP contribution in [0.3, 0.4) is 0 Å². The standard InChI is InChI=1S/C6H7F4NO2/c7-4(8)6(9,10)5(12)11-3-1-13-2-3/h3-4H,1-2H2,(H,11,12). The highest BCUT2D eigenvalue weighted by molar-refractivity contribution is 5.84. The quantitative estimate of drug-likeness (QED) is 0.671. The van der Waals surface area contributed by atoms with E-state index in [1.807, 2.05) is 0 Å². The van der Waals surface area contributed by atoms with E-state index in [0.717, 1.165) is 0 Å². The zero-order chi connectivity index (χ0) is 10.1. The lowest BCUT2D eigenvalue weighted by Gasteiger charge is -2.28. The van der Waals surface area contributed by atoms with E-state index in [9.17, 15) is 22.4 Å². The molecule has 0 saturated carbocycles. The molecule has 7 heteroatoms. The Kier molecular flexibility index (Phi) is 2.74. The van der Waals surface area contributed by atoms with Crippen molar-refractivity contribution in [1.29, 1.82) is 0 Å². The van der Waals surface area contributed by atoms with Gasteiger partial charge in [-0.15, -0.1) is 0 Å². The van der Waals surface area contributed by atoms with Crippen LogP contribution >= 0.6 is 0 Å². The zero-order valence-electron chi connectivity index (χ0n) is 6.40. The summed E-state index contributed by atoms with van der Waals surface area (Å²) in [5.74, 6) is -6.56.